The van der Waals surface area contributed by atoms with E-state index in [1.165, 1.54) is 0 Å². The minimum Gasteiger partial charge on any atom is -0.481 e. The standard InChI is InChI=1S/C16H16N4O2S/c1-20(10-15-19-12-5-3-4-6-13(12)23-15)16(21)18-11-7-8-14(22-2)17-9-11/h3-9H,10H2,1-2H3,(H,18,21). The average molecular weight is 328 g/mol. The van der Waals surface area contributed by atoms with E-state index in [4.69, 9.17) is 4.74 Å². The molecule has 0 saturated carbocycles. The summed E-state index contributed by atoms with van der Waals surface area (Å²) in [7, 11) is 3.28. The number of para-hydroxylation sites is 1. The van der Waals surface area contributed by atoms with Crippen LogP contribution in [0.25, 0.3) is 10.2 Å². The van der Waals surface area contributed by atoms with Crippen LogP contribution in [0, 0.1) is 0 Å². The number of carbonyl (C=O) groups is 1. The van der Waals surface area contributed by atoms with Gasteiger partial charge in [-0.25, -0.2) is 14.8 Å². The van der Waals surface area contributed by atoms with E-state index >= 15 is 0 Å². The van der Waals surface area contributed by atoms with Crippen molar-refractivity contribution < 1.29 is 9.53 Å². The minimum atomic E-state index is -0.212. The van der Waals surface area contributed by atoms with Crippen molar-refractivity contribution in [2.24, 2.45) is 0 Å². The molecule has 0 aliphatic rings. The molecule has 0 unspecified atom stereocenters. The molecule has 0 aliphatic heterocycles. The third kappa shape index (κ3) is 3.57. The molecule has 0 bridgehead atoms. The SMILES string of the molecule is COc1ccc(NC(=O)N(C)Cc2nc3ccccc3s2)cn1. The zero-order chi connectivity index (χ0) is 16.2. The highest BCUT2D eigenvalue weighted by atomic mass is 32.1. The largest absolute Gasteiger partial charge is 0.481 e. The predicted octanol–water partition coefficient (Wildman–Crippen LogP) is 3.36. The first kappa shape index (κ1) is 15.2. The molecular formula is C16H16N4O2S. The smallest absolute Gasteiger partial charge is 0.322 e. The third-order valence-electron chi connectivity index (χ3n) is 3.25. The second-order valence-electron chi connectivity index (χ2n) is 4.95. The molecule has 1 N–H and O–H groups in total. The number of anilines is 1. The molecule has 0 fully saturated rings. The Balaban J connectivity index is 1.64. The molecule has 2 amide bonds. The summed E-state index contributed by atoms with van der Waals surface area (Å²) in [6.07, 6.45) is 1.56. The number of amides is 2. The van der Waals surface area contributed by atoms with Crippen LogP contribution in [0.1, 0.15) is 5.01 Å². The highest BCUT2D eigenvalue weighted by Gasteiger charge is 2.12. The van der Waals surface area contributed by atoms with E-state index < -0.39 is 0 Å². The highest BCUT2D eigenvalue weighted by molar-refractivity contribution is 7.18. The summed E-state index contributed by atoms with van der Waals surface area (Å²) in [5.74, 6) is 0.505. The predicted molar refractivity (Wildman–Crippen MR) is 90.9 cm³/mol. The van der Waals surface area contributed by atoms with Gasteiger partial charge < -0.3 is 15.0 Å². The number of hydrogen-bond acceptors (Lipinski definition) is 5. The lowest BCUT2D eigenvalue weighted by atomic mass is 10.3. The Morgan fingerprint density at radius 1 is 1.30 bits per heavy atom. The summed E-state index contributed by atoms with van der Waals surface area (Å²) in [6, 6.07) is 11.2. The fourth-order valence-electron chi connectivity index (χ4n) is 2.06. The molecule has 3 rings (SSSR count). The van der Waals surface area contributed by atoms with Crippen molar-refractivity contribution in [3.63, 3.8) is 0 Å². The molecule has 7 heteroatoms. The van der Waals surface area contributed by atoms with Crippen molar-refractivity contribution in [1.29, 1.82) is 0 Å². The molecule has 0 atom stereocenters. The van der Waals surface area contributed by atoms with Crippen LogP contribution in [0.2, 0.25) is 0 Å². The molecule has 0 spiro atoms. The van der Waals surface area contributed by atoms with Gasteiger partial charge in [-0.1, -0.05) is 12.1 Å². The molecule has 1 aromatic carbocycles. The van der Waals surface area contributed by atoms with Gasteiger partial charge in [0.05, 0.1) is 35.8 Å². The van der Waals surface area contributed by atoms with E-state index in [1.807, 2.05) is 24.3 Å². The molecule has 23 heavy (non-hydrogen) atoms. The van der Waals surface area contributed by atoms with E-state index in [1.54, 1.807) is 48.7 Å². The summed E-state index contributed by atoms with van der Waals surface area (Å²) in [6.45, 7) is 0.453. The van der Waals surface area contributed by atoms with E-state index in [0.29, 0.717) is 18.1 Å². The minimum absolute atomic E-state index is 0.212. The summed E-state index contributed by atoms with van der Waals surface area (Å²) in [5, 5.41) is 3.69. The second kappa shape index (κ2) is 6.62. The lowest BCUT2D eigenvalue weighted by Crippen LogP contribution is -2.30. The molecule has 6 nitrogen and oxygen atoms in total. The van der Waals surface area contributed by atoms with Crippen LogP contribution in [0.4, 0.5) is 10.5 Å². The molecule has 0 saturated heterocycles. The van der Waals surface area contributed by atoms with E-state index in [-0.39, 0.29) is 6.03 Å². The Hall–Kier alpha value is -2.67. The van der Waals surface area contributed by atoms with Crippen LogP contribution < -0.4 is 10.1 Å². The quantitative estimate of drug-likeness (QED) is 0.797. The van der Waals surface area contributed by atoms with Gasteiger partial charge in [0.1, 0.15) is 5.01 Å². The zero-order valence-corrected chi connectivity index (χ0v) is 13.6. The molecule has 0 radical (unpaired) electrons. The van der Waals surface area contributed by atoms with Crippen LogP contribution in [-0.4, -0.2) is 35.1 Å². The van der Waals surface area contributed by atoms with Gasteiger partial charge >= 0.3 is 6.03 Å². The lowest BCUT2D eigenvalue weighted by molar-refractivity contribution is 0.220. The van der Waals surface area contributed by atoms with Gasteiger partial charge in [-0.3, -0.25) is 0 Å². The molecule has 2 aromatic heterocycles. The third-order valence-corrected chi connectivity index (χ3v) is 4.28. The number of benzene rings is 1. The van der Waals surface area contributed by atoms with Crippen LogP contribution >= 0.6 is 11.3 Å². The Kier molecular flexibility index (Phi) is 4.38. The number of methoxy groups -OCH3 is 1. The first-order chi connectivity index (χ1) is 11.2. The monoisotopic (exact) mass is 328 g/mol. The topological polar surface area (TPSA) is 67.3 Å². The Morgan fingerprint density at radius 2 is 2.13 bits per heavy atom. The maximum Gasteiger partial charge on any atom is 0.322 e. The normalized spacial score (nSPS) is 10.5. The van der Waals surface area contributed by atoms with Gasteiger partial charge in [0, 0.05) is 13.1 Å². The summed E-state index contributed by atoms with van der Waals surface area (Å²) in [4.78, 5) is 22.4. The van der Waals surface area contributed by atoms with E-state index in [9.17, 15) is 4.79 Å². The number of aromatic nitrogens is 2. The number of nitrogens with one attached hydrogen (secondary N) is 1. The molecule has 118 valence electrons. The molecule has 0 aliphatic carbocycles. The van der Waals surface area contributed by atoms with Crippen molar-refractivity contribution in [1.82, 2.24) is 14.9 Å². The number of fused-ring (bicyclic) bond motifs is 1. The number of rotatable bonds is 4. The highest BCUT2D eigenvalue weighted by Crippen LogP contribution is 2.22. The van der Waals surface area contributed by atoms with Gasteiger partial charge in [-0.15, -0.1) is 11.3 Å². The number of nitrogens with zero attached hydrogens (tertiary/aromatic N) is 3. The average Bonchev–Trinajstić information content (AvgIpc) is 2.97. The van der Waals surface area contributed by atoms with Crippen LogP contribution in [0.5, 0.6) is 5.88 Å². The van der Waals surface area contributed by atoms with Crippen molar-refractivity contribution in [3.05, 3.63) is 47.6 Å². The van der Waals surface area contributed by atoms with Gasteiger partial charge in [0.25, 0.3) is 0 Å². The Labute approximate surface area is 137 Å². The number of pyridine rings is 1. The molecule has 2 heterocycles. The van der Waals surface area contributed by atoms with Crippen LogP contribution in [-0.2, 0) is 6.54 Å². The van der Waals surface area contributed by atoms with Crippen molar-refractivity contribution in [3.8, 4) is 5.88 Å². The molecular weight excluding hydrogens is 312 g/mol. The zero-order valence-electron chi connectivity index (χ0n) is 12.8. The first-order valence-electron chi connectivity index (χ1n) is 7.02. The second-order valence-corrected chi connectivity index (χ2v) is 6.07. The van der Waals surface area contributed by atoms with Crippen LogP contribution in [0.3, 0.4) is 0 Å². The van der Waals surface area contributed by atoms with Crippen molar-refractivity contribution in [2.75, 3.05) is 19.5 Å². The number of ether oxygens (including phenoxy) is 1. The van der Waals surface area contributed by atoms with Gasteiger partial charge in [-0.05, 0) is 18.2 Å². The lowest BCUT2D eigenvalue weighted by Gasteiger charge is -2.16. The summed E-state index contributed by atoms with van der Waals surface area (Å²) in [5.41, 5.74) is 1.58. The summed E-state index contributed by atoms with van der Waals surface area (Å²) < 4.78 is 6.11. The maximum atomic E-state index is 12.2. The number of urea groups is 1. The number of thiazole rings is 1. The number of hydrogen-bond donors (Lipinski definition) is 1. The van der Waals surface area contributed by atoms with E-state index in [2.05, 4.69) is 15.3 Å². The maximum absolute atomic E-state index is 12.2. The van der Waals surface area contributed by atoms with Gasteiger partial charge in [0.2, 0.25) is 5.88 Å². The van der Waals surface area contributed by atoms with Gasteiger partial charge in [-0.2, -0.15) is 0 Å². The van der Waals surface area contributed by atoms with E-state index in [0.717, 1.165) is 15.2 Å². The van der Waals surface area contributed by atoms with Crippen LogP contribution in [0.15, 0.2) is 42.6 Å². The first-order valence-corrected chi connectivity index (χ1v) is 7.84. The number of carbonyl (C=O) groups excluding carboxylic acids is 1. The fraction of sp³-hybridized carbons (Fsp3) is 0.188. The Bertz CT molecular complexity index is 783. The fourth-order valence-corrected chi connectivity index (χ4v) is 3.08. The van der Waals surface area contributed by atoms with Crippen molar-refractivity contribution in [2.45, 2.75) is 6.54 Å². The Morgan fingerprint density at radius 3 is 2.83 bits per heavy atom. The van der Waals surface area contributed by atoms with Gasteiger partial charge in [0.15, 0.2) is 0 Å². The summed E-state index contributed by atoms with van der Waals surface area (Å²) >= 11 is 1.59. The van der Waals surface area contributed by atoms with Crippen molar-refractivity contribution >= 4 is 33.3 Å². The molecule has 3 aromatic rings.